The van der Waals surface area contributed by atoms with E-state index in [0.29, 0.717) is 36.7 Å². The van der Waals surface area contributed by atoms with Crippen molar-refractivity contribution in [1.82, 2.24) is 24.9 Å². The van der Waals surface area contributed by atoms with E-state index in [2.05, 4.69) is 44.8 Å². The summed E-state index contributed by atoms with van der Waals surface area (Å²) in [6.07, 6.45) is 6.16. The Morgan fingerprint density at radius 1 is 1.06 bits per heavy atom. The van der Waals surface area contributed by atoms with Gasteiger partial charge >= 0.3 is 0 Å². The molecule has 4 heterocycles. The Labute approximate surface area is 194 Å². The quantitative estimate of drug-likeness (QED) is 0.686. The van der Waals surface area contributed by atoms with Crippen LogP contribution in [0.25, 0.3) is 10.8 Å². The van der Waals surface area contributed by atoms with Crippen LogP contribution in [0.3, 0.4) is 0 Å². The third kappa shape index (κ3) is 5.07. The molecular weight excluding hydrogens is 422 g/mol. The number of fused-ring (bicyclic) bond motifs is 1. The number of carbonyl (C=O) groups excluding carboxylic acids is 1. The summed E-state index contributed by atoms with van der Waals surface area (Å²) in [5.41, 5.74) is 1.47. The summed E-state index contributed by atoms with van der Waals surface area (Å²) in [4.78, 5) is 22.1. The molecular formula is C24H35N5O2S. The van der Waals surface area contributed by atoms with Crippen LogP contribution in [-0.2, 0) is 24.2 Å². The molecule has 32 heavy (non-hydrogen) atoms. The van der Waals surface area contributed by atoms with Gasteiger partial charge in [0.1, 0.15) is 0 Å². The number of rotatable bonds is 5. The summed E-state index contributed by atoms with van der Waals surface area (Å²) in [6.45, 7) is 11.2. The van der Waals surface area contributed by atoms with Gasteiger partial charge < -0.3 is 9.32 Å². The van der Waals surface area contributed by atoms with Crippen molar-refractivity contribution >= 4 is 17.2 Å². The molecule has 2 unspecified atom stereocenters. The van der Waals surface area contributed by atoms with Crippen LogP contribution in [0.5, 0.6) is 0 Å². The SMILES string of the molecule is CC1CC(C)CN(C(=O)CN2CCN(Cc3nnc(-c4cc5c(s4)CCCC5)o3)CC2)C1. The van der Waals surface area contributed by atoms with Crippen molar-refractivity contribution < 1.29 is 9.21 Å². The first-order valence-electron chi connectivity index (χ1n) is 12.2. The lowest BCUT2D eigenvalue weighted by atomic mass is 9.92. The minimum Gasteiger partial charge on any atom is -0.419 e. The number of nitrogens with zero attached hydrogens (tertiary/aromatic N) is 5. The summed E-state index contributed by atoms with van der Waals surface area (Å²) < 4.78 is 6.01. The van der Waals surface area contributed by atoms with Crippen LogP contribution in [0.1, 0.15) is 49.4 Å². The van der Waals surface area contributed by atoms with Gasteiger partial charge in [0.05, 0.1) is 18.0 Å². The van der Waals surface area contributed by atoms with Crippen LogP contribution in [0.2, 0.25) is 0 Å². The number of thiophene rings is 1. The molecule has 7 nitrogen and oxygen atoms in total. The third-order valence-electron chi connectivity index (χ3n) is 7.08. The second kappa shape index (κ2) is 9.61. The van der Waals surface area contributed by atoms with Crippen LogP contribution < -0.4 is 0 Å². The largest absolute Gasteiger partial charge is 0.419 e. The number of likely N-dealkylation sites (tertiary alicyclic amines) is 1. The Kier molecular flexibility index (Phi) is 6.62. The zero-order chi connectivity index (χ0) is 22.1. The van der Waals surface area contributed by atoms with Crippen LogP contribution in [0.4, 0.5) is 0 Å². The van der Waals surface area contributed by atoms with Gasteiger partial charge in [-0.2, -0.15) is 0 Å². The molecule has 8 heteroatoms. The summed E-state index contributed by atoms with van der Waals surface area (Å²) in [6, 6.07) is 2.25. The van der Waals surface area contributed by atoms with E-state index in [1.165, 1.54) is 42.5 Å². The summed E-state index contributed by atoms with van der Waals surface area (Å²) >= 11 is 1.81. The number of aryl methyl sites for hydroxylation is 2. The van der Waals surface area contributed by atoms with Gasteiger partial charge in [0.2, 0.25) is 11.8 Å². The molecule has 1 amide bonds. The number of carbonyl (C=O) groups is 1. The fourth-order valence-corrected chi connectivity index (χ4v) is 6.64. The molecule has 2 fully saturated rings. The smallest absolute Gasteiger partial charge is 0.257 e. The van der Waals surface area contributed by atoms with Crippen molar-refractivity contribution in [3.8, 4) is 10.8 Å². The molecule has 2 aliphatic heterocycles. The highest BCUT2D eigenvalue weighted by Crippen LogP contribution is 2.35. The molecule has 0 bridgehead atoms. The van der Waals surface area contributed by atoms with E-state index in [9.17, 15) is 4.79 Å². The first-order valence-corrected chi connectivity index (χ1v) is 13.0. The van der Waals surface area contributed by atoms with E-state index < -0.39 is 0 Å². The number of hydrogen-bond acceptors (Lipinski definition) is 7. The second-order valence-corrected chi connectivity index (χ2v) is 11.2. The number of hydrogen-bond donors (Lipinski definition) is 0. The van der Waals surface area contributed by atoms with Crippen molar-refractivity contribution in [1.29, 1.82) is 0 Å². The Morgan fingerprint density at radius 2 is 1.78 bits per heavy atom. The Hall–Kier alpha value is -1.77. The Morgan fingerprint density at radius 3 is 2.53 bits per heavy atom. The van der Waals surface area contributed by atoms with Crippen molar-refractivity contribution in [3.63, 3.8) is 0 Å². The topological polar surface area (TPSA) is 65.7 Å². The molecule has 2 saturated heterocycles. The number of amides is 1. The molecule has 0 N–H and O–H groups in total. The highest BCUT2D eigenvalue weighted by atomic mass is 32.1. The van der Waals surface area contributed by atoms with Crippen molar-refractivity contribution in [3.05, 3.63) is 22.4 Å². The van der Waals surface area contributed by atoms with Crippen LogP contribution in [-0.4, -0.2) is 76.6 Å². The van der Waals surface area contributed by atoms with E-state index in [1.807, 2.05) is 11.3 Å². The summed E-state index contributed by atoms with van der Waals surface area (Å²) in [7, 11) is 0. The first-order chi connectivity index (χ1) is 15.5. The molecule has 2 aromatic heterocycles. The van der Waals surface area contributed by atoms with E-state index in [4.69, 9.17) is 4.42 Å². The highest BCUT2D eigenvalue weighted by molar-refractivity contribution is 7.15. The molecule has 0 saturated carbocycles. The molecule has 0 aromatic carbocycles. The van der Waals surface area contributed by atoms with Crippen molar-refractivity contribution in [2.24, 2.45) is 11.8 Å². The lowest BCUT2D eigenvalue weighted by molar-refractivity contribution is -0.135. The van der Waals surface area contributed by atoms with Crippen molar-refractivity contribution in [2.75, 3.05) is 45.8 Å². The highest BCUT2D eigenvalue weighted by Gasteiger charge is 2.28. The van der Waals surface area contributed by atoms with Crippen LogP contribution in [0, 0.1) is 11.8 Å². The van der Waals surface area contributed by atoms with Gasteiger partial charge in [-0.1, -0.05) is 13.8 Å². The molecule has 0 radical (unpaired) electrons. The zero-order valence-corrected chi connectivity index (χ0v) is 20.2. The van der Waals surface area contributed by atoms with Gasteiger partial charge in [0.25, 0.3) is 5.89 Å². The van der Waals surface area contributed by atoms with Gasteiger partial charge in [0.15, 0.2) is 0 Å². The number of piperidine rings is 1. The molecule has 2 atom stereocenters. The average Bonchev–Trinajstić information content (AvgIpc) is 3.41. The van der Waals surface area contributed by atoms with Gasteiger partial charge in [-0.15, -0.1) is 21.5 Å². The summed E-state index contributed by atoms with van der Waals surface area (Å²) in [5.74, 6) is 2.86. The minimum absolute atomic E-state index is 0.289. The predicted octanol–water partition coefficient (Wildman–Crippen LogP) is 3.30. The second-order valence-electron chi connectivity index (χ2n) is 10.1. The van der Waals surface area contributed by atoms with E-state index >= 15 is 0 Å². The zero-order valence-electron chi connectivity index (χ0n) is 19.4. The van der Waals surface area contributed by atoms with Crippen LogP contribution in [0.15, 0.2) is 10.5 Å². The van der Waals surface area contributed by atoms with Gasteiger partial charge in [-0.05, 0) is 55.6 Å². The van der Waals surface area contributed by atoms with Gasteiger partial charge in [-0.3, -0.25) is 14.6 Å². The fraction of sp³-hybridized carbons (Fsp3) is 0.708. The Bertz CT molecular complexity index is 899. The molecule has 2 aromatic rings. The monoisotopic (exact) mass is 457 g/mol. The van der Waals surface area contributed by atoms with Crippen molar-refractivity contribution in [2.45, 2.75) is 52.5 Å². The average molecular weight is 458 g/mol. The minimum atomic E-state index is 0.289. The first kappa shape index (κ1) is 22.0. The maximum Gasteiger partial charge on any atom is 0.257 e. The van der Waals surface area contributed by atoms with Gasteiger partial charge in [0, 0.05) is 44.1 Å². The maximum absolute atomic E-state index is 12.8. The van der Waals surface area contributed by atoms with E-state index in [0.717, 1.165) is 44.1 Å². The molecule has 3 aliphatic rings. The molecule has 5 rings (SSSR count). The number of aromatic nitrogens is 2. The lowest BCUT2D eigenvalue weighted by Crippen LogP contribution is -2.51. The lowest BCUT2D eigenvalue weighted by Gasteiger charge is -2.38. The van der Waals surface area contributed by atoms with Crippen LogP contribution >= 0.6 is 11.3 Å². The standard InChI is InChI=1S/C24H35N5O2S/c1-17-11-18(2)14-29(13-17)23(30)16-28-9-7-27(8-10-28)15-22-25-26-24(31-22)21-12-19-5-3-4-6-20(19)32-21/h12,17-18H,3-11,13-16H2,1-2H3. The van der Waals surface area contributed by atoms with Gasteiger partial charge in [-0.25, -0.2) is 0 Å². The maximum atomic E-state index is 12.8. The van der Waals surface area contributed by atoms with E-state index in [1.54, 1.807) is 0 Å². The summed E-state index contributed by atoms with van der Waals surface area (Å²) in [5, 5.41) is 8.63. The Balaban J connectivity index is 1.10. The molecule has 174 valence electrons. The number of piperazine rings is 1. The molecule has 1 aliphatic carbocycles. The fourth-order valence-electron chi connectivity index (χ4n) is 5.47. The normalized spacial score (nSPS) is 25.1. The van der Waals surface area contributed by atoms with E-state index in [-0.39, 0.29) is 5.91 Å². The third-order valence-corrected chi connectivity index (χ3v) is 8.30. The molecule has 0 spiro atoms. The predicted molar refractivity (Wildman–Crippen MR) is 125 cm³/mol.